The lowest BCUT2D eigenvalue weighted by atomic mass is 9.93. The Bertz CT molecular complexity index is 352. The summed E-state index contributed by atoms with van der Waals surface area (Å²) in [4.78, 5) is 10.4. The molecule has 0 aromatic carbocycles. The summed E-state index contributed by atoms with van der Waals surface area (Å²) in [6, 6.07) is 0. The van der Waals surface area contributed by atoms with Crippen LogP contribution in [0, 0.1) is 0 Å². The van der Waals surface area contributed by atoms with Gasteiger partial charge < -0.3 is 10.2 Å². The van der Waals surface area contributed by atoms with Gasteiger partial charge in [0.25, 0.3) is 0 Å². The monoisotopic (exact) mass is 304 g/mol. The predicted octanol–water partition coefficient (Wildman–Crippen LogP) is 1.82. The molecule has 3 nitrogen and oxygen atoms in total. The standard InChI is InChI=1S/C8H8F8O3/c1-3(17)2-5(18,19)7(13,14)8(15,16)6(11,12)4(9)10/h4,18-19H,2H2,1H3. The van der Waals surface area contributed by atoms with E-state index < -0.39 is 42.2 Å². The SMILES string of the molecule is CC(=O)CC(O)(O)C(F)(F)C(F)(F)C(F)(F)C(F)F. The summed E-state index contributed by atoms with van der Waals surface area (Å²) in [5, 5.41) is 17.2. The highest BCUT2D eigenvalue weighted by Crippen LogP contribution is 2.52. The maximum atomic E-state index is 13.0. The zero-order chi connectivity index (χ0) is 15.9. The van der Waals surface area contributed by atoms with Crippen molar-refractivity contribution in [1.29, 1.82) is 0 Å². The molecule has 0 aromatic heterocycles. The lowest BCUT2D eigenvalue weighted by Gasteiger charge is -2.38. The van der Waals surface area contributed by atoms with Crippen molar-refractivity contribution in [3.05, 3.63) is 0 Å². The Balaban J connectivity index is 5.69. The summed E-state index contributed by atoms with van der Waals surface area (Å²) in [7, 11) is 0. The summed E-state index contributed by atoms with van der Waals surface area (Å²) in [6.07, 6.45) is -7.23. The molecular weight excluding hydrogens is 296 g/mol. The number of carbonyl (C=O) groups excluding carboxylic acids is 1. The molecule has 0 aliphatic rings. The molecule has 0 rings (SSSR count). The van der Waals surface area contributed by atoms with Gasteiger partial charge in [-0.05, 0) is 6.92 Å². The summed E-state index contributed by atoms with van der Waals surface area (Å²) in [5.41, 5.74) is 0. The van der Waals surface area contributed by atoms with Gasteiger partial charge in [0.05, 0.1) is 6.42 Å². The molecule has 0 spiro atoms. The Kier molecular flexibility index (Phi) is 4.60. The second-order valence-corrected chi connectivity index (χ2v) is 3.77. The Labute approximate surface area is 100 Å². The number of halogens is 8. The minimum absolute atomic E-state index is 0.473. The van der Waals surface area contributed by atoms with Crippen LogP contribution < -0.4 is 0 Å². The number of alkyl halides is 8. The largest absolute Gasteiger partial charge is 0.383 e. The third-order valence-electron chi connectivity index (χ3n) is 2.09. The molecule has 0 fully saturated rings. The Morgan fingerprint density at radius 1 is 1.00 bits per heavy atom. The highest BCUT2D eigenvalue weighted by molar-refractivity contribution is 5.76. The lowest BCUT2D eigenvalue weighted by Crippen LogP contribution is -2.67. The summed E-state index contributed by atoms with van der Waals surface area (Å²) < 4.78 is 99.7. The lowest BCUT2D eigenvalue weighted by molar-refractivity contribution is -0.411. The van der Waals surface area contributed by atoms with Crippen molar-refractivity contribution in [2.45, 2.75) is 43.3 Å². The van der Waals surface area contributed by atoms with Crippen LogP contribution in [0.2, 0.25) is 0 Å². The molecule has 2 N–H and O–H groups in total. The minimum atomic E-state index is -6.78. The van der Waals surface area contributed by atoms with E-state index in [1.54, 1.807) is 0 Å². The molecule has 0 bridgehead atoms. The van der Waals surface area contributed by atoms with Gasteiger partial charge in [-0.1, -0.05) is 0 Å². The number of Topliss-reactive ketones (excluding diaryl/α,β-unsaturated/α-hetero) is 1. The summed E-state index contributed by atoms with van der Waals surface area (Å²) >= 11 is 0. The molecule has 0 heterocycles. The molecule has 0 radical (unpaired) electrons. The van der Waals surface area contributed by atoms with E-state index in [0.29, 0.717) is 6.92 Å². The molecule has 0 aromatic rings. The predicted molar refractivity (Wildman–Crippen MR) is 43.3 cm³/mol. The number of rotatable bonds is 6. The normalized spacial score (nSPS) is 14.9. The maximum absolute atomic E-state index is 13.0. The molecule has 19 heavy (non-hydrogen) atoms. The average Bonchev–Trinajstić information content (AvgIpc) is 2.14. The molecule has 0 aliphatic heterocycles. The van der Waals surface area contributed by atoms with Crippen LogP contribution in [0.4, 0.5) is 35.1 Å². The quantitative estimate of drug-likeness (QED) is 0.581. The third-order valence-corrected chi connectivity index (χ3v) is 2.09. The van der Waals surface area contributed by atoms with Crippen molar-refractivity contribution in [1.82, 2.24) is 0 Å². The van der Waals surface area contributed by atoms with Crippen LogP contribution in [0.25, 0.3) is 0 Å². The highest BCUT2D eigenvalue weighted by Gasteiger charge is 2.81. The van der Waals surface area contributed by atoms with Gasteiger partial charge in [0.15, 0.2) is 0 Å². The van der Waals surface area contributed by atoms with Gasteiger partial charge in [0.2, 0.25) is 5.79 Å². The van der Waals surface area contributed by atoms with E-state index in [0.717, 1.165) is 0 Å². The number of aliphatic hydroxyl groups is 2. The number of ketones is 1. The van der Waals surface area contributed by atoms with Gasteiger partial charge in [-0.25, -0.2) is 8.78 Å². The second-order valence-electron chi connectivity index (χ2n) is 3.77. The van der Waals surface area contributed by atoms with Crippen LogP contribution in [0.1, 0.15) is 13.3 Å². The van der Waals surface area contributed by atoms with Crippen molar-refractivity contribution in [3.63, 3.8) is 0 Å². The fourth-order valence-corrected chi connectivity index (χ4v) is 1.06. The molecule has 0 saturated heterocycles. The molecular formula is C8H8F8O3. The van der Waals surface area contributed by atoms with Gasteiger partial charge in [0.1, 0.15) is 5.78 Å². The Morgan fingerprint density at radius 2 is 1.37 bits per heavy atom. The molecule has 0 amide bonds. The summed E-state index contributed by atoms with van der Waals surface area (Å²) in [6.45, 7) is 0.473. The first-order chi connectivity index (χ1) is 8.11. The van der Waals surface area contributed by atoms with Crippen LogP contribution in [0.3, 0.4) is 0 Å². The fraction of sp³-hybridized carbons (Fsp3) is 0.875. The van der Waals surface area contributed by atoms with Crippen LogP contribution >= 0.6 is 0 Å². The van der Waals surface area contributed by atoms with E-state index in [-0.39, 0.29) is 0 Å². The summed E-state index contributed by atoms with van der Waals surface area (Å²) in [5.74, 6) is -26.1. The van der Waals surface area contributed by atoms with Gasteiger partial charge in [0, 0.05) is 0 Å². The zero-order valence-electron chi connectivity index (χ0n) is 9.11. The van der Waals surface area contributed by atoms with Gasteiger partial charge >= 0.3 is 24.2 Å². The fourth-order valence-electron chi connectivity index (χ4n) is 1.06. The molecule has 0 saturated carbocycles. The van der Waals surface area contributed by atoms with E-state index in [1.165, 1.54) is 0 Å². The van der Waals surface area contributed by atoms with Crippen molar-refractivity contribution in [2.75, 3.05) is 0 Å². The Hall–Kier alpha value is -0.970. The van der Waals surface area contributed by atoms with E-state index in [4.69, 9.17) is 10.2 Å². The molecule has 0 aliphatic carbocycles. The number of hydrogen-bond donors (Lipinski definition) is 2. The number of hydrogen-bond acceptors (Lipinski definition) is 3. The minimum Gasteiger partial charge on any atom is -0.360 e. The van der Waals surface area contributed by atoms with Crippen LogP contribution in [0.15, 0.2) is 0 Å². The zero-order valence-corrected chi connectivity index (χ0v) is 9.11. The first-order valence-electron chi connectivity index (χ1n) is 4.47. The topological polar surface area (TPSA) is 57.5 Å². The molecule has 0 unspecified atom stereocenters. The van der Waals surface area contributed by atoms with Crippen molar-refractivity contribution in [2.24, 2.45) is 0 Å². The van der Waals surface area contributed by atoms with E-state index in [1.807, 2.05) is 0 Å². The number of carbonyl (C=O) groups is 1. The van der Waals surface area contributed by atoms with Crippen LogP contribution in [-0.2, 0) is 4.79 Å². The first kappa shape index (κ1) is 18.0. The highest BCUT2D eigenvalue weighted by atomic mass is 19.4. The van der Waals surface area contributed by atoms with Gasteiger partial charge in [-0.2, -0.15) is 26.3 Å². The molecule has 0 atom stereocenters. The Morgan fingerprint density at radius 3 is 1.63 bits per heavy atom. The third kappa shape index (κ3) is 2.81. The van der Waals surface area contributed by atoms with Crippen molar-refractivity contribution in [3.8, 4) is 0 Å². The van der Waals surface area contributed by atoms with Gasteiger partial charge in [-0.3, -0.25) is 4.79 Å². The van der Waals surface area contributed by atoms with Crippen LogP contribution in [-0.4, -0.2) is 46.0 Å². The van der Waals surface area contributed by atoms with Gasteiger partial charge in [-0.15, -0.1) is 0 Å². The van der Waals surface area contributed by atoms with E-state index in [2.05, 4.69) is 0 Å². The van der Waals surface area contributed by atoms with Crippen molar-refractivity contribution >= 4 is 5.78 Å². The second kappa shape index (κ2) is 4.85. The average molecular weight is 304 g/mol. The van der Waals surface area contributed by atoms with Crippen LogP contribution in [0.5, 0.6) is 0 Å². The smallest absolute Gasteiger partial charge is 0.360 e. The molecule has 11 heteroatoms. The first-order valence-corrected chi connectivity index (χ1v) is 4.47. The van der Waals surface area contributed by atoms with E-state index >= 15 is 0 Å². The van der Waals surface area contributed by atoms with Crippen molar-refractivity contribution < 1.29 is 50.1 Å². The maximum Gasteiger partial charge on any atom is 0.383 e. The molecule has 114 valence electrons. The van der Waals surface area contributed by atoms with E-state index in [9.17, 15) is 39.9 Å².